The Balaban J connectivity index is 1.68. The van der Waals surface area contributed by atoms with E-state index in [4.69, 9.17) is 11.6 Å². The summed E-state index contributed by atoms with van der Waals surface area (Å²) in [5, 5.41) is 11.6. The number of aromatic nitrogens is 2. The highest BCUT2D eigenvalue weighted by atomic mass is 35.5. The normalized spacial score (nSPS) is 14.0. The Hall–Kier alpha value is -2.53. The number of rotatable bonds is 1. The molecule has 0 fully saturated rings. The van der Waals surface area contributed by atoms with E-state index in [0.717, 1.165) is 16.6 Å². The van der Waals surface area contributed by atoms with Gasteiger partial charge in [0, 0.05) is 40.9 Å². The monoisotopic (exact) mass is 327 g/mol. The lowest BCUT2D eigenvalue weighted by Gasteiger charge is -2.29. The fourth-order valence-corrected chi connectivity index (χ4v) is 3.23. The quantitative estimate of drug-likeness (QED) is 0.747. The van der Waals surface area contributed by atoms with Gasteiger partial charge in [-0.15, -0.1) is 0 Å². The Morgan fingerprint density at radius 3 is 2.91 bits per heavy atom. The van der Waals surface area contributed by atoms with E-state index in [0.29, 0.717) is 24.7 Å². The molecule has 4 rings (SSSR count). The predicted octanol–water partition coefficient (Wildman–Crippen LogP) is 3.05. The van der Waals surface area contributed by atoms with Crippen molar-refractivity contribution in [1.82, 2.24) is 14.5 Å². The van der Waals surface area contributed by atoms with Crippen molar-refractivity contribution in [2.24, 2.45) is 0 Å². The van der Waals surface area contributed by atoms with Crippen LogP contribution in [0, 0.1) is 0 Å². The summed E-state index contributed by atoms with van der Waals surface area (Å²) in [6.45, 7) is 1.75. The molecule has 0 atom stereocenters. The second kappa shape index (κ2) is 5.28. The molecule has 2 aromatic heterocycles. The number of benzene rings is 1. The molecule has 0 spiro atoms. The number of carbonyl (C=O) groups excluding carboxylic acids is 1. The summed E-state index contributed by atoms with van der Waals surface area (Å²) in [5.41, 5.74) is 2.23. The minimum absolute atomic E-state index is 0.0876. The first kappa shape index (κ1) is 14.1. The summed E-state index contributed by atoms with van der Waals surface area (Å²) in [5.74, 6) is -0.340. The maximum absolute atomic E-state index is 12.6. The first-order chi connectivity index (χ1) is 11.1. The number of halogens is 1. The van der Waals surface area contributed by atoms with Gasteiger partial charge in [-0.1, -0.05) is 17.7 Å². The van der Waals surface area contributed by atoms with Gasteiger partial charge in [0.1, 0.15) is 5.75 Å². The Morgan fingerprint density at radius 1 is 1.22 bits per heavy atom. The molecule has 1 amide bonds. The number of amides is 1. The Morgan fingerprint density at radius 2 is 2.09 bits per heavy atom. The SMILES string of the molecule is O=C(c1ncccc1O)N1CCn2c(cc3ccc(Cl)cc32)C1. The summed E-state index contributed by atoms with van der Waals surface area (Å²) in [4.78, 5) is 18.3. The van der Waals surface area contributed by atoms with Crippen LogP contribution in [-0.2, 0) is 13.1 Å². The van der Waals surface area contributed by atoms with Gasteiger partial charge in [-0.25, -0.2) is 4.98 Å². The van der Waals surface area contributed by atoms with Gasteiger partial charge in [0.2, 0.25) is 0 Å². The van der Waals surface area contributed by atoms with Crippen LogP contribution in [0.3, 0.4) is 0 Å². The zero-order valence-corrected chi connectivity index (χ0v) is 13.0. The second-order valence-electron chi connectivity index (χ2n) is 5.59. The van der Waals surface area contributed by atoms with Gasteiger partial charge in [0.05, 0.1) is 6.54 Å². The number of pyridine rings is 1. The Labute approximate surface area is 137 Å². The van der Waals surface area contributed by atoms with E-state index in [2.05, 4.69) is 15.6 Å². The first-order valence-corrected chi connectivity index (χ1v) is 7.72. The minimum atomic E-state index is -0.252. The number of nitrogens with zero attached hydrogens (tertiary/aromatic N) is 3. The van der Waals surface area contributed by atoms with E-state index in [1.54, 1.807) is 11.0 Å². The smallest absolute Gasteiger partial charge is 0.276 e. The van der Waals surface area contributed by atoms with Crippen molar-refractivity contribution < 1.29 is 9.90 Å². The number of hydrogen-bond acceptors (Lipinski definition) is 3. The average Bonchev–Trinajstić information content (AvgIpc) is 2.91. The van der Waals surface area contributed by atoms with E-state index in [1.807, 2.05) is 18.2 Å². The molecule has 3 aromatic rings. The Bertz CT molecular complexity index is 919. The molecule has 5 nitrogen and oxygen atoms in total. The number of carbonyl (C=O) groups is 1. The van der Waals surface area contributed by atoms with Crippen molar-refractivity contribution >= 4 is 28.4 Å². The van der Waals surface area contributed by atoms with Gasteiger partial charge < -0.3 is 14.6 Å². The third-order valence-corrected chi connectivity index (χ3v) is 4.41. The van der Waals surface area contributed by atoms with Crippen molar-refractivity contribution in [3.63, 3.8) is 0 Å². The third kappa shape index (κ3) is 2.33. The third-order valence-electron chi connectivity index (χ3n) is 4.17. The lowest BCUT2D eigenvalue weighted by Crippen LogP contribution is -2.38. The minimum Gasteiger partial charge on any atom is -0.505 e. The average molecular weight is 328 g/mol. The van der Waals surface area contributed by atoms with Gasteiger partial charge in [-0.05, 0) is 30.3 Å². The van der Waals surface area contributed by atoms with Gasteiger partial charge >= 0.3 is 0 Å². The van der Waals surface area contributed by atoms with E-state index in [9.17, 15) is 9.90 Å². The van der Waals surface area contributed by atoms with Crippen molar-refractivity contribution in [2.45, 2.75) is 13.1 Å². The molecule has 1 N–H and O–H groups in total. The van der Waals surface area contributed by atoms with E-state index >= 15 is 0 Å². The van der Waals surface area contributed by atoms with Crippen molar-refractivity contribution in [1.29, 1.82) is 0 Å². The molecule has 116 valence electrons. The van der Waals surface area contributed by atoms with Crippen LogP contribution in [0.15, 0.2) is 42.6 Å². The standard InChI is InChI=1S/C17H14ClN3O2/c18-12-4-3-11-8-13-10-20(6-7-21(13)14(11)9-12)17(23)16-15(22)2-1-5-19-16/h1-5,8-9,22H,6-7,10H2. The molecule has 0 bridgehead atoms. The van der Waals surface area contributed by atoms with Crippen molar-refractivity contribution in [3.05, 3.63) is 59.0 Å². The van der Waals surface area contributed by atoms with Crippen LogP contribution in [0.5, 0.6) is 5.75 Å². The second-order valence-corrected chi connectivity index (χ2v) is 6.02. The molecule has 1 aliphatic heterocycles. The molecular weight excluding hydrogens is 314 g/mol. The largest absolute Gasteiger partial charge is 0.505 e. The van der Waals surface area contributed by atoms with E-state index in [-0.39, 0.29) is 17.4 Å². The van der Waals surface area contributed by atoms with Gasteiger partial charge in [-0.2, -0.15) is 0 Å². The van der Waals surface area contributed by atoms with Crippen molar-refractivity contribution in [2.75, 3.05) is 6.54 Å². The highest BCUT2D eigenvalue weighted by molar-refractivity contribution is 6.31. The summed E-state index contributed by atoms with van der Waals surface area (Å²) < 4.78 is 2.18. The zero-order chi connectivity index (χ0) is 16.0. The van der Waals surface area contributed by atoms with Crippen LogP contribution in [0.1, 0.15) is 16.2 Å². The number of aromatic hydroxyl groups is 1. The molecule has 0 unspecified atom stereocenters. The molecule has 3 heterocycles. The molecule has 0 aliphatic carbocycles. The number of hydrogen-bond donors (Lipinski definition) is 1. The van der Waals surface area contributed by atoms with E-state index < -0.39 is 0 Å². The molecule has 6 heteroatoms. The predicted molar refractivity (Wildman–Crippen MR) is 87.6 cm³/mol. The zero-order valence-electron chi connectivity index (χ0n) is 12.2. The molecule has 1 aliphatic rings. The first-order valence-electron chi connectivity index (χ1n) is 7.34. The summed E-state index contributed by atoms with van der Waals surface area (Å²) >= 11 is 6.08. The van der Waals surface area contributed by atoms with Crippen LogP contribution in [0.25, 0.3) is 10.9 Å². The van der Waals surface area contributed by atoms with Crippen molar-refractivity contribution in [3.8, 4) is 5.75 Å². The molecule has 0 saturated carbocycles. The molecular formula is C17H14ClN3O2. The summed E-state index contributed by atoms with van der Waals surface area (Å²) in [6.07, 6.45) is 1.51. The summed E-state index contributed by atoms with van der Waals surface area (Å²) in [7, 11) is 0. The van der Waals surface area contributed by atoms with Gasteiger partial charge in [0.15, 0.2) is 5.69 Å². The fraction of sp³-hybridized carbons (Fsp3) is 0.176. The molecule has 0 radical (unpaired) electrons. The fourth-order valence-electron chi connectivity index (χ4n) is 3.06. The van der Waals surface area contributed by atoms with Crippen LogP contribution in [-0.4, -0.2) is 32.0 Å². The van der Waals surface area contributed by atoms with Crippen LogP contribution in [0.2, 0.25) is 5.02 Å². The lowest BCUT2D eigenvalue weighted by atomic mass is 10.2. The van der Waals surface area contributed by atoms with Crippen LogP contribution >= 0.6 is 11.6 Å². The highest BCUT2D eigenvalue weighted by Gasteiger charge is 2.25. The highest BCUT2D eigenvalue weighted by Crippen LogP contribution is 2.27. The molecule has 0 saturated heterocycles. The lowest BCUT2D eigenvalue weighted by molar-refractivity contribution is 0.0703. The van der Waals surface area contributed by atoms with Crippen LogP contribution < -0.4 is 0 Å². The van der Waals surface area contributed by atoms with E-state index in [1.165, 1.54) is 12.3 Å². The van der Waals surface area contributed by atoms with Gasteiger partial charge in [-0.3, -0.25) is 4.79 Å². The molecule has 23 heavy (non-hydrogen) atoms. The number of fused-ring (bicyclic) bond motifs is 3. The molecule has 1 aromatic carbocycles. The van der Waals surface area contributed by atoms with Crippen LogP contribution in [0.4, 0.5) is 0 Å². The topological polar surface area (TPSA) is 58.4 Å². The summed E-state index contributed by atoms with van der Waals surface area (Å²) in [6, 6.07) is 10.9. The maximum atomic E-state index is 12.6. The maximum Gasteiger partial charge on any atom is 0.276 e. The van der Waals surface area contributed by atoms with Gasteiger partial charge in [0.25, 0.3) is 5.91 Å². The Kier molecular flexibility index (Phi) is 3.23.